The zero-order valence-electron chi connectivity index (χ0n) is 12.7. The first kappa shape index (κ1) is 16.7. The van der Waals surface area contributed by atoms with E-state index in [0.29, 0.717) is 12.5 Å². The first-order chi connectivity index (χ1) is 10.1. The van der Waals surface area contributed by atoms with Crippen molar-refractivity contribution in [3.63, 3.8) is 0 Å². The monoisotopic (exact) mass is 326 g/mol. The Hall–Kier alpha value is -0.710. The van der Waals surface area contributed by atoms with Gasteiger partial charge in [-0.1, -0.05) is 23.7 Å². The fourth-order valence-electron chi connectivity index (χ4n) is 2.55. The molecule has 1 aromatic rings. The lowest BCUT2D eigenvalue weighted by Gasteiger charge is -2.35. The summed E-state index contributed by atoms with van der Waals surface area (Å²) < 4.78 is 0. The molecule has 0 aliphatic carbocycles. The molecule has 116 valence electrons. The van der Waals surface area contributed by atoms with Crippen LogP contribution in [-0.4, -0.2) is 54.4 Å². The van der Waals surface area contributed by atoms with Gasteiger partial charge in [0.1, 0.15) is 0 Å². The lowest BCUT2D eigenvalue weighted by atomic mass is 10.1. The van der Waals surface area contributed by atoms with Crippen LogP contribution in [0.5, 0.6) is 0 Å². The van der Waals surface area contributed by atoms with Crippen LogP contribution in [-0.2, 0) is 4.79 Å². The van der Waals surface area contributed by atoms with Crippen LogP contribution in [0.2, 0.25) is 5.02 Å². The van der Waals surface area contributed by atoms with Crippen LogP contribution < -0.4 is 0 Å². The number of hydrogen-bond acceptors (Lipinski definition) is 3. The number of amides is 1. The van der Waals surface area contributed by atoms with Gasteiger partial charge in [0.25, 0.3) is 0 Å². The lowest BCUT2D eigenvalue weighted by molar-refractivity contribution is -0.128. The third-order valence-electron chi connectivity index (χ3n) is 3.83. The van der Waals surface area contributed by atoms with E-state index < -0.39 is 0 Å². The molecule has 21 heavy (non-hydrogen) atoms. The summed E-state index contributed by atoms with van der Waals surface area (Å²) in [5.41, 5.74) is 1.32. The summed E-state index contributed by atoms with van der Waals surface area (Å²) in [6, 6.07) is 8.61. The predicted molar refractivity (Wildman–Crippen MR) is 91.0 cm³/mol. The number of nitrogens with zero attached hydrogens (tertiary/aromatic N) is 2. The molecule has 1 atom stereocenters. The Labute approximate surface area is 136 Å². The lowest BCUT2D eigenvalue weighted by Crippen LogP contribution is -2.37. The van der Waals surface area contributed by atoms with Gasteiger partial charge in [-0.05, 0) is 30.7 Å². The first-order valence-electron chi connectivity index (χ1n) is 7.35. The summed E-state index contributed by atoms with van der Waals surface area (Å²) in [6.07, 6.45) is 1.55. The summed E-state index contributed by atoms with van der Waals surface area (Å²) in [5, 5.41) is 0.783. The summed E-state index contributed by atoms with van der Waals surface area (Å²) in [6.45, 7) is 2.07. The zero-order valence-corrected chi connectivity index (χ0v) is 14.3. The van der Waals surface area contributed by atoms with Gasteiger partial charge in [-0.2, -0.15) is 11.8 Å². The Morgan fingerprint density at radius 3 is 2.76 bits per heavy atom. The fourth-order valence-corrected chi connectivity index (χ4v) is 3.84. The summed E-state index contributed by atoms with van der Waals surface area (Å²) in [5.74, 6) is 2.50. The van der Waals surface area contributed by atoms with E-state index in [9.17, 15) is 4.79 Å². The van der Waals surface area contributed by atoms with Crippen molar-refractivity contribution >= 4 is 29.3 Å². The standard InChI is InChI=1S/C16H23ClN2OS/c1-18(2)16(20)4-3-9-19-10-11-21-12-15(19)13-5-7-14(17)8-6-13/h5-8,15H,3-4,9-12H2,1-2H3. The molecule has 1 saturated heterocycles. The van der Waals surface area contributed by atoms with E-state index >= 15 is 0 Å². The van der Waals surface area contributed by atoms with Gasteiger partial charge in [-0.3, -0.25) is 9.69 Å². The maximum Gasteiger partial charge on any atom is 0.222 e. The summed E-state index contributed by atoms with van der Waals surface area (Å²) in [7, 11) is 3.63. The highest BCUT2D eigenvalue weighted by Gasteiger charge is 2.24. The van der Waals surface area contributed by atoms with E-state index in [1.807, 2.05) is 38.0 Å². The molecule has 1 aliphatic rings. The second-order valence-electron chi connectivity index (χ2n) is 5.57. The van der Waals surface area contributed by atoms with E-state index in [0.717, 1.165) is 30.3 Å². The predicted octanol–water partition coefficient (Wildman–Crippen LogP) is 3.30. The summed E-state index contributed by atoms with van der Waals surface area (Å²) >= 11 is 7.97. The fraction of sp³-hybridized carbons (Fsp3) is 0.562. The number of thioether (sulfide) groups is 1. The molecule has 5 heteroatoms. The minimum atomic E-state index is 0.212. The largest absolute Gasteiger partial charge is 0.349 e. The van der Waals surface area contributed by atoms with Crippen molar-refractivity contribution in [2.75, 3.05) is 38.7 Å². The van der Waals surface area contributed by atoms with E-state index in [-0.39, 0.29) is 5.91 Å². The van der Waals surface area contributed by atoms with E-state index in [2.05, 4.69) is 17.0 Å². The maximum atomic E-state index is 11.7. The smallest absolute Gasteiger partial charge is 0.222 e. The second kappa shape index (κ2) is 8.06. The van der Waals surface area contributed by atoms with Crippen LogP contribution in [0.1, 0.15) is 24.4 Å². The molecule has 1 aliphatic heterocycles. The van der Waals surface area contributed by atoms with Crippen molar-refractivity contribution in [3.05, 3.63) is 34.9 Å². The maximum absolute atomic E-state index is 11.7. The van der Waals surface area contributed by atoms with Crippen molar-refractivity contribution in [1.29, 1.82) is 0 Å². The molecule has 2 rings (SSSR count). The van der Waals surface area contributed by atoms with Gasteiger partial charge in [0.05, 0.1) is 0 Å². The quantitative estimate of drug-likeness (QED) is 0.829. The normalized spacial score (nSPS) is 19.5. The summed E-state index contributed by atoms with van der Waals surface area (Å²) in [4.78, 5) is 15.8. The van der Waals surface area contributed by atoms with E-state index in [1.54, 1.807) is 4.90 Å². The molecule has 0 spiro atoms. The van der Waals surface area contributed by atoms with Crippen LogP contribution in [0.3, 0.4) is 0 Å². The van der Waals surface area contributed by atoms with Crippen LogP contribution in [0.15, 0.2) is 24.3 Å². The number of rotatable bonds is 5. The molecule has 0 radical (unpaired) electrons. The van der Waals surface area contributed by atoms with Gasteiger partial charge in [-0.25, -0.2) is 0 Å². The van der Waals surface area contributed by atoms with Crippen LogP contribution in [0.4, 0.5) is 0 Å². The van der Waals surface area contributed by atoms with Crippen LogP contribution in [0.25, 0.3) is 0 Å². The molecule has 1 fully saturated rings. The second-order valence-corrected chi connectivity index (χ2v) is 7.16. The average molecular weight is 327 g/mol. The van der Waals surface area contributed by atoms with Crippen LogP contribution in [0, 0.1) is 0 Å². The number of benzene rings is 1. The van der Waals surface area contributed by atoms with Gasteiger partial charge in [0, 0.05) is 49.6 Å². The molecule has 0 aromatic heterocycles. The third-order valence-corrected chi connectivity index (χ3v) is 5.10. The van der Waals surface area contributed by atoms with Gasteiger partial charge < -0.3 is 4.90 Å². The highest BCUT2D eigenvalue weighted by molar-refractivity contribution is 7.99. The number of hydrogen-bond donors (Lipinski definition) is 0. The highest BCUT2D eigenvalue weighted by Crippen LogP contribution is 2.30. The zero-order chi connectivity index (χ0) is 15.2. The van der Waals surface area contributed by atoms with Crippen molar-refractivity contribution in [2.45, 2.75) is 18.9 Å². The molecule has 0 N–H and O–H groups in total. The SMILES string of the molecule is CN(C)C(=O)CCCN1CCSCC1c1ccc(Cl)cc1. The molecule has 3 nitrogen and oxygen atoms in total. The molecular weight excluding hydrogens is 304 g/mol. The van der Waals surface area contributed by atoms with Crippen LogP contribution >= 0.6 is 23.4 Å². The molecule has 1 unspecified atom stereocenters. The molecule has 1 aromatic carbocycles. The van der Waals surface area contributed by atoms with E-state index in [1.165, 1.54) is 11.3 Å². The Kier molecular flexibility index (Phi) is 6.40. The third kappa shape index (κ3) is 4.90. The highest BCUT2D eigenvalue weighted by atomic mass is 35.5. The van der Waals surface area contributed by atoms with Crippen molar-refractivity contribution in [2.24, 2.45) is 0 Å². The topological polar surface area (TPSA) is 23.6 Å². The average Bonchev–Trinajstić information content (AvgIpc) is 2.48. The first-order valence-corrected chi connectivity index (χ1v) is 8.88. The van der Waals surface area contributed by atoms with Gasteiger partial charge >= 0.3 is 0 Å². The Morgan fingerprint density at radius 2 is 2.10 bits per heavy atom. The van der Waals surface area contributed by atoms with Crippen molar-refractivity contribution in [1.82, 2.24) is 9.80 Å². The van der Waals surface area contributed by atoms with Gasteiger partial charge in [0.2, 0.25) is 5.91 Å². The van der Waals surface area contributed by atoms with Gasteiger partial charge in [0.15, 0.2) is 0 Å². The Balaban J connectivity index is 1.92. The molecular formula is C16H23ClN2OS. The Morgan fingerprint density at radius 1 is 1.38 bits per heavy atom. The van der Waals surface area contributed by atoms with Gasteiger partial charge in [-0.15, -0.1) is 0 Å². The number of halogens is 1. The van der Waals surface area contributed by atoms with Crippen molar-refractivity contribution in [3.8, 4) is 0 Å². The molecule has 0 bridgehead atoms. The Bertz CT molecular complexity index is 464. The van der Waals surface area contributed by atoms with Crippen molar-refractivity contribution < 1.29 is 4.79 Å². The molecule has 1 heterocycles. The number of carbonyl (C=O) groups is 1. The molecule has 0 saturated carbocycles. The minimum absolute atomic E-state index is 0.212. The number of carbonyl (C=O) groups excluding carboxylic acids is 1. The molecule has 1 amide bonds. The van der Waals surface area contributed by atoms with E-state index in [4.69, 9.17) is 11.6 Å². The minimum Gasteiger partial charge on any atom is -0.349 e.